The van der Waals surface area contributed by atoms with Crippen molar-refractivity contribution in [3.05, 3.63) is 92.9 Å². The lowest BCUT2D eigenvalue weighted by Crippen LogP contribution is -2.53. The topological polar surface area (TPSA) is 86.8 Å². The van der Waals surface area contributed by atoms with Gasteiger partial charge in [-0.15, -0.1) is 0 Å². The molecule has 1 fully saturated rings. The summed E-state index contributed by atoms with van der Waals surface area (Å²) in [4.78, 5) is 28.9. The summed E-state index contributed by atoms with van der Waals surface area (Å²) in [5.74, 6) is -0.871. The van der Waals surface area contributed by atoms with Crippen molar-refractivity contribution in [3.63, 3.8) is 0 Å². The molecule has 1 N–H and O–H groups in total. The van der Waals surface area contributed by atoms with E-state index in [0.29, 0.717) is 10.6 Å². The summed E-state index contributed by atoms with van der Waals surface area (Å²) in [6.45, 7) is 2.96. The SMILES string of the molecule is Cc1ccc(S(=O)(=O)N(CC(=O)N(Cc2cccc(Cl)c2)[C@@H](C)C(=O)NC2CCCCC2)c2cc(Cl)cc(Cl)c2)cc1. The predicted octanol–water partition coefficient (Wildman–Crippen LogP) is 7.02. The van der Waals surface area contributed by atoms with Crippen molar-refractivity contribution in [2.75, 3.05) is 10.8 Å². The van der Waals surface area contributed by atoms with Crippen molar-refractivity contribution < 1.29 is 18.0 Å². The zero-order valence-electron chi connectivity index (χ0n) is 23.5. The van der Waals surface area contributed by atoms with Crippen LogP contribution in [0, 0.1) is 6.92 Å². The fourth-order valence-corrected chi connectivity index (χ4v) is 7.16. The highest BCUT2D eigenvalue weighted by atomic mass is 35.5. The molecule has 3 aromatic carbocycles. The first-order valence-electron chi connectivity index (χ1n) is 13.8. The van der Waals surface area contributed by atoms with Gasteiger partial charge in [0.1, 0.15) is 12.6 Å². The van der Waals surface area contributed by atoms with Crippen LogP contribution in [-0.2, 0) is 26.2 Å². The standard InChI is InChI=1S/C31H34Cl3N3O4S/c1-21-11-13-29(14-12-21)42(40,41)37(28-17-25(33)16-26(34)18-28)20-30(38)36(19-23-7-6-8-24(32)15-23)22(2)31(39)35-27-9-4-3-5-10-27/h6-8,11-18,22,27H,3-5,9-10,19-20H2,1-2H3,(H,35,39)/t22-/m0/s1. The molecule has 0 spiro atoms. The number of rotatable bonds is 10. The first-order valence-corrected chi connectivity index (χ1v) is 16.4. The van der Waals surface area contributed by atoms with Gasteiger partial charge in [0.2, 0.25) is 11.8 Å². The number of carbonyl (C=O) groups excluding carboxylic acids is 2. The van der Waals surface area contributed by atoms with Gasteiger partial charge in [0.05, 0.1) is 10.6 Å². The second-order valence-electron chi connectivity index (χ2n) is 10.6. The van der Waals surface area contributed by atoms with Gasteiger partial charge >= 0.3 is 0 Å². The Morgan fingerprint density at radius 1 is 0.905 bits per heavy atom. The number of amides is 2. The highest BCUT2D eigenvalue weighted by Gasteiger charge is 2.33. The van der Waals surface area contributed by atoms with E-state index in [1.807, 2.05) is 6.92 Å². The minimum atomic E-state index is -4.23. The van der Waals surface area contributed by atoms with Gasteiger partial charge in [-0.25, -0.2) is 8.42 Å². The monoisotopic (exact) mass is 649 g/mol. The van der Waals surface area contributed by atoms with E-state index < -0.39 is 28.5 Å². The molecule has 224 valence electrons. The fourth-order valence-electron chi connectivity index (χ4n) is 5.03. The summed E-state index contributed by atoms with van der Waals surface area (Å²) in [5.41, 5.74) is 1.71. The Bertz CT molecular complexity index is 1510. The van der Waals surface area contributed by atoms with E-state index in [1.165, 1.54) is 35.2 Å². The Labute approximate surface area is 262 Å². The number of aryl methyl sites for hydroxylation is 1. The predicted molar refractivity (Wildman–Crippen MR) is 169 cm³/mol. The number of anilines is 1. The Morgan fingerprint density at radius 2 is 1.55 bits per heavy atom. The summed E-state index contributed by atoms with van der Waals surface area (Å²) >= 11 is 18.7. The second kappa shape index (κ2) is 14.1. The molecule has 3 aromatic rings. The number of halogens is 3. The third kappa shape index (κ3) is 8.19. The molecular weight excluding hydrogens is 617 g/mol. The molecule has 0 unspecified atom stereocenters. The van der Waals surface area contributed by atoms with Gasteiger partial charge in [-0.05, 0) is 74.7 Å². The van der Waals surface area contributed by atoms with Crippen molar-refractivity contribution in [3.8, 4) is 0 Å². The third-order valence-electron chi connectivity index (χ3n) is 7.38. The molecule has 0 bridgehead atoms. The summed E-state index contributed by atoms with van der Waals surface area (Å²) < 4.78 is 28.9. The first-order chi connectivity index (χ1) is 19.9. The van der Waals surface area contributed by atoms with Gasteiger partial charge in [0, 0.05) is 27.7 Å². The van der Waals surface area contributed by atoms with Gasteiger partial charge < -0.3 is 10.2 Å². The lowest BCUT2D eigenvalue weighted by Gasteiger charge is -2.33. The molecule has 7 nitrogen and oxygen atoms in total. The van der Waals surface area contributed by atoms with E-state index in [4.69, 9.17) is 34.8 Å². The van der Waals surface area contributed by atoms with Crippen molar-refractivity contribution in [2.24, 2.45) is 0 Å². The van der Waals surface area contributed by atoms with E-state index in [1.54, 1.807) is 43.3 Å². The van der Waals surface area contributed by atoms with E-state index in [0.717, 1.165) is 42.0 Å². The second-order valence-corrected chi connectivity index (χ2v) is 13.8. The maximum absolute atomic E-state index is 14.1. The van der Waals surface area contributed by atoms with Crippen LogP contribution >= 0.6 is 34.8 Å². The highest BCUT2D eigenvalue weighted by molar-refractivity contribution is 7.92. The van der Waals surface area contributed by atoms with Gasteiger partial charge in [0.25, 0.3) is 10.0 Å². The van der Waals surface area contributed by atoms with Crippen molar-refractivity contribution in [1.29, 1.82) is 0 Å². The molecule has 1 aliphatic carbocycles. The summed E-state index contributed by atoms with van der Waals surface area (Å²) in [5, 5.41) is 4.00. The Hall–Kier alpha value is -2.78. The van der Waals surface area contributed by atoms with Crippen LogP contribution in [0.2, 0.25) is 15.1 Å². The van der Waals surface area contributed by atoms with Crippen LogP contribution in [0.15, 0.2) is 71.6 Å². The molecule has 0 aromatic heterocycles. The van der Waals surface area contributed by atoms with Gasteiger partial charge in [-0.3, -0.25) is 13.9 Å². The van der Waals surface area contributed by atoms with Gasteiger partial charge in [-0.1, -0.05) is 83.9 Å². The van der Waals surface area contributed by atoms with Crippen LogP contribution in [0.1, 0.15) is 50.2 Å². The van der Waals surface area contributed by atoms with Crippen LogP contribution in [0.3, 0.4) is 0 Å². The average molecular weight is 651 g/mol. The number of hydrogen-bond donors (Lipinski definition) is 1. The molecule has 11 heteroatoms. The average Bonchev–Trinajstić information content (AvgIpc) is 2.94. The number of nitrogens with one attached hydrogen (secondary N) is 1. The molecule has 0 heterocycles. The first kappa shape index (κ1) is 32.1. The number of sulfonamides is 1. The zero-order valence-corrected chi connectivity index (χ0v) is 26.6. The molecule has 4 rings (SSSR count). The number of benzene rings is 3. The third-order valence-corrected chi connectivity index (χ3v) is 9.84. The number of hydrogen-bond acceptors (Lipinski definition) is 4. The van der Waals surface area contributed by atoms with Crippen LogP contribution < -0.4 is 9.62 Å². The molecule has 2 amide bonds. The minimum Gasteiger partial charge on any atom is -0.352 e. The van der Waals surface area contributed by atoms with Gasteiger partial charge in [-0.2, -0.15) is 0 Å². The largest absolute Gasteiger partial charge is 0.352 e. The van der Waals surface area contributed by atoms with E-state index in [-0.39, 0.29) is 39.1 Å². The maximum Gasteiger partial charge on any atom is 0.264 e. The Morgan fingerprint density at radius 3 is 2.17 bits per heavy atom. The van der Waals surface area contributed by atoms with Crippen molar-refractivity contribution >= 4 is 62.3 Å². The van der Waals surface area contributed by atoms with E-state index in [2.05, 4.69) is 5.32 Å². The molecule has 42 heavy (non-hydrogen) atoms. The molecule has 0 radical (unpaired) electrons. The van der Waals surface area contributed by atoms with Crippen LogP contribution in [0.25, 0.3) is 0 Å². The quantitative estimate of drug-likeness (QED) is 0.256. The number of carbonyl (C=O) groups is 2. The van der Waals surface area contributed by atoms with Crippen LogP contribution in [-0.4, -0.2) is 43.8 Å². The summed E-state index contributed by atoms with van der Waals surface area (Å²) in [6, 6.07) is 16.8. The summed E-state index contributed by atoms with van der Waals surface area (Å²) in [7, 11) is -4.23. The summed E-state index contributed by atoms with van der Waals surface area (Å²) in [6.07, 6.45) is 4.99. The lowest BCUT2D eigenvalue weighted by molar-refractivity contribution is -0.139. The van der Waals surface area contributed by atoms with Crippen LogP contribution in [0.4, 0.5) is 5.69 Å². The fraction of sp³-hybridized carbons (Fsp3) is 0.355. The van der Waals surface area contributed by atoms with Crippen molar-refractivity contribution in [2.45, 2.75) is 69.5 Å². The Kier molecular flexibility index (Phi) is 10.8. The zero-order chi connectivity index (χ0) is 30.4. The molecule has 1 atom stereocenters. The smallest absolute Gasteiger partial charge is 0.264 e. The maximum atomic E-state index is 14.1. The highest BCUT2D eigenvalue weighted by Crippen LogP contribution is 2.30. The van der Waals surface area contributed by atoms with Crippen molar-refractivity contribution in [1.82, 2.24) is 10.2 Å². The van der Waals surface area contributed by atoms with Crippen LogP contribution in [0.5, 0.6) is 0 Å². The lowest BCUT2D eigenvalue weighted by atomic mass is 9.95. The van der Waals surface area contributed by atoms with E-state index in [9.17, 15) is 18.0 Å². The minimum absolute atomic E-state index is 0.00137. The Balaban J connectivity index is 1.70. The molecular formula is C31H34Cl3N3O4S. The van der Waals surface area contributed by atoms with E-state index >= 15 is 0 Å². The normalized spacial score (nSPS) is 14.7. The molecule has 0 saturated heterocycles. The number of nitrogens with zero attached hydrogens (tertiary/aromatic N) is 2. The molecule has 0 aliphatic heterocycles. The molecule has 1 saturated carbocycles. The van der Waals surface area contributed by atoms with Gasteiger partial charge in [0.15, 0.2) is 0 Å². The molecule has 1 aliphatic rings.